The zero-order chi connectivity index (χ0) is 13.3. The van der Waals surface area contributed by atoms with Crippen molar-refractivity contribution in [3.63, 3.8) is 0 Å². The Bertz CT molecular complexity index is 623. The molecule has 0 spiro atoms. The van der Waals surface area contributed by atoms with Gasteiger partial charge in [0.2, 0.25) is 0 Å². The molecular formula is C14H17N3O. The predicted octanol–water partition coefficient (Wildman–Crippen LogP) is 2.32. The fraction of sp³-hybridized carbons (Fsp3) is 0.286. The van der Waals surface area contributed by atoms with Gasteiger partial charge in [0.05, 0.1) is 11.4 Å². The van der Waals surface area contributed by atoms with Gasteiger partial charge in [0.25, 0.3) is 0 Å². The molecule has 0 atom stereocenters. The van der Waals surface area contributed by atoms with Gasteiger partial charge < -0.3 is 10.7 Å². The van der Waals surface area contributed by atoms with Gasteiger partial charge in [0, 0.05) is 18.3 Å². The molecule has 0 aliphatic carbocycles. The molecule has 0 amide bonds. The number of nitrogens with zero attached hydrogens (tertiary/aromatic N) is 1. The van der Waals surface area contributed by atoms with Crippen molar-refractivity contribution >= 4 is 5.82 Å². The Kier molecular flexibility index (Phi) is 2.95. The molecule has 0 radical (unpaired) electrons. The van der Waals surface area contributed by atoms with E-state index < -0.39 is 0 Å². The lowest BCUT2D eigenvalue weighted by molar-refractivity contribution is 0.589. The van der Waals surface area contributed by atoms with Crippen LogP contribution in [0.3, 0.4) is 0 Å². The average Bonchev–Trinajstić information content (AvgIpc) is 2.27. The Labute approximate surface area is 106 Å². The van der Waals surface area contributed by atoms with E-state index >= 15 is 0 Å². The highest BCUT2D eigenvalue weighted by atomic mass is 16.1. The number of H-pyrrole nitrogens is 1. The zero-order valence-corrected chi connectivity index (χ0v) is 10.8. The lowest BCUT2D eigenvalue weighted by Crippen LogP contribution is -2.11. The fourth-order valence-corrected chi connectivity index (χ4v) is 1.75. The summed E-state index contributed by atoms with van der Waals surface area (Å²) in [6.45, 7) is 6.40. The molecule has 0 fully saturated rings. The van der Waals surface area contributed by atoms with Crippen LogP contribution in [0.1, 0.15) is 26.3 Å². The first kappa shape index (κ1) is 12.4. The molecule has 94 valence electrons. The molecule has 18 heavy (non-hydrogen) atoms. The van der Waals surface area contributed by atoms with Crippen LogP contribution in [-0.2, 0) is 5.41 Å². The molecule has 0 aliphatic heterocycles. The average molecular weight is 243 g/mol. The highest BCUT2D eigenvalue weighted by Crippen LogP contribution is 2.24. The quantitative estimate of drug-likeness (QED) is 0.807. The lowest BCUT2D eigenvalue weighted by atomic mass is 9.87. The van der Waals surface area contributed by atoms with E-state index in [2.05, 4.69) is 30.7 Å². The van der Waals surface area contributed by atoms with E-state index in [9.17, 15) is 4.79 Å². The molecule has 2 rings (SSSR count). The number of nitrogen functional groups attached to an aromatic ring is 1. The minimum absolute atomic E-state index is 0.0400. The van der Waals surface area contributed by atoms with Crippen LogP contribution in [0, 0.1) is 0 Å². The van der Waals surface area contributed by atoms with Gasteiger partial charge in [0.1, 0.15) is 5.82 Å². The number of aromatic nitrogens is 2. The van der Waals surface area contributed by atoms with E-state index in [0.717, 1.165) is 11.3 Å². The van der Waals surface area contributed by atoms with Crippen LogP contribution in [0.15, 0.2) is 35.3 Å². The molecule has 4 nitrogen and oxygen atoms in total. The number of rotatable bonds is 1. The van der Waals surface area contributed by atoms with Gasteiger partial charge in [-0.1, -0.05) is 20.8 Å². The van der Waals surface area contributed by atoms with Gasteiger partial charge in [0.15, 0.2) is 5.43 Å². The van der Waals surface area contributed by atoms with E-state index in [1.807, 2.05) is 12.1 Å². The first-order chi connectivity index (χ1) is 8.36. The van der Waals surface area contributed by atoms with Crippen molar-refractivity contribution in [2.45, 2.75) is 26.2 Å². The maximum Gasteiger partial charge on any atom is 0.184 e. The second-order valence-corrected chi connectivity index (χ2v) is 5.36. The Balaban J connectivity index is 2.54. The Morgan fingerprint density at radius 2 is 1.94 bits per heavy atom. The second-order valence-electron chi connectivity index (χ2n) is 5.36. The van der Waals surface area contributed by atoms with Crippen LogP contribution in [0.5, 0.6) is 0 Å². The molecule has 0 aromatic carbocycles. The molecule has 2 aromatic heterocycles. The maximum atomic E-state index is 11.4. The van der Waals surface area contributed by atoms with Crippen molar-refractivity contribution in [1.29, 1.82) is 0 Å². The summed E-state index contributed by atoms with van der Waals surface area (Å²) < 4.78 is 0. The Morgan fingerprint density at radius 1 is 1.22 bits per heavy atom. The third-order valence-corrected chi connectivity index (χ3v) is 2.77. The van der Waals surface area contributed by atoms with Gasteiger partial charge in [-0.25, -0.2) is 0 Å². The summed E-state index contributed by atoms with van der Waals surface area (Å²) in [5.41, 5.74) is 8.09. The van der Waals surface area contributed by atoms with E-state index in [0.29, 0.717) is 11.5 Å². The third-order valence-electron chi connectivity index (χ3n) is 2.77. The van der Waals surface area contributed by atoms with Crippen LogP contribution in [0.25, 0.3) is 11.4 Å². The molecule has 0 saturated carbocycles. The van der Waals surface area contributed by atoms with Gasteiger partial charge in [-0.2, -0.15) is 0 Å². The monoisotopic (exact) mass is 243 g/mol. The molecule has 0 saturated heterocycles. The molecular weight excluding hydrogens is 226 g/mol. The van der Waals surface area contributed by atoms with Crippen LogP contribution in [0.4, 0.5) is 5.82 Å². The SMILES string of the molecule is CC(C)(C)c1ccnc(-c2cc(=O)cc(N)[nH]2)c1. The second kappa shape index (κ2) is 4.29. The summed E-state index contributed by atoms with van der Waals surface area (Å²) in [6, 6.07) is 6.82. The highest BCUT2D eigenvalue weighted by molar-refractivity contribution is 5.57. The number of anilines is 1. The molecule has 2 aromatic rings. The number of nitrogens with two attached hydrogens (primary N) is 1. The van der Waals surface area contributed by atoms with Gasteiger partial charge in [-0.3, -0.25) is 9.78 Å². The standard InChI is InChI=1S/C14H17N3O/c1-14(2,3)9-4-5-16-11(6-9)12-7-10(18)8-13(15)17-12/h4-8H,1-3H3,(H3,15,17,18). The summed E-state index contributed by atoms with van der Waals surface area (Å²) in [7, 11) is 0. The first-order valence-corrected chi connectivity index (χ1v) is 5.83. The summed E-state index contributed by atoms with van der Waals surface area (Å²) in [6.07, 6.45) is 1.75. The van der Waals surface area contributed by atoms with Crippen LogP contribution in [-0.4, -0.2) is 9.97 Å². The molecule has 3 N–H and O–H groups in total. The Hall–Kier alpha value is -2.10. The van der Waals surface area contributed by atoms with Crippen molar-refractivity contribution in [3.8, 4) is 11.4 Å². The minimum Gasteiger partial charge on any atom is -0.385 e. The Morgan fingerprint density at radius 3 is 2.56 bits per heavy atom. The van der Waals surface area contributed by atoms with Crippen LogP contribution < -0.4 is 11.2 Å². The number of hydrogen-bond acceptors (Lipinski definition) is 3. The van der Waals surface area contributed by atoms with Gasteiger partial charge in [-0.05, 0) is 23.1 Å². The smallest absolute Gasteiger partial charge is 0.184 e. The summed E-state index contributed by atoms with van der Waals surface area (Å²) in [4.78, 5) is 18.7. The minimum atomic E-state index is -0.121. The van der Waals surface area contributed by atoms with E-state index in [1.54, 1.807) is 6.20 Å². The topological polar surface area (TPSA) is 71.8 Å². The number of pyridine rings is 2. The highest BCUT2D eigenvalue weighted by Gasteiger charge is 2.14. The van der Waals surface area contributed by atoms with Crippen molar-refractivity contribution in [2.24, 2.45) is 0 Å². The summed E-state index contributed by atoms with van der Waals surface area (Å²) in [5.74, 6) is 0.348. The van der Waals surface area contributed by atoms with Crippen molar-refractivity contribution in [1.82, 2.24) is 9.97 Å². The molecule has 0 bridgehead atoms. The third kappa shape index (κ3) is 2.59. The van der Waals surface area contributed by atoms with Gasteiger partial charge >= 0.3 is 0 Å². The molecule has 0 aliphatic rings. The van der Waals surface area contributed by atoms with E-state index in [1.165, 1.54) is 12.1 Å². The molecule has 0 unspecified atom stereocenters. The van der Waals surface area contributed by atoms with Crippen molar-refractivity contribution in [2.75, 3.05) is 5.73 Å². The lowest BCUT2D eigenvalue weighted by Gasteiger charge is -2.19. The molecule has 2 heterocycles. The first-order valence-electron chi connectivity index (χ1n) is 5.83. The maximum absolute atomic E-state index is 11.4. The van der Waals surface area contributed by atoms with Crippen LogP contribution in [0.2, 0.25) is 0 Å². The zero-order valence-electron chi connectivity index (χ0n) is 10.8. The van der Waals surface area contributed by atoms with Crippen LogP contribution >= 0.6 is 0 Å². The normalized spacial score (nSPS) is 11.5. The largest absolute Gasteiger partial charge is 0.385 e. The molecule has 4 heteroatoms. The van der Waals surface area contributed by atoms with Crippen molar-refractivity contribution in [3.05, 3.63) is 46.2 Å². The van der Waals surface area contributed by atoms with Gasteiger partial charge in [-0.15, -0.1) is 0 Å². The van der Waals surface area contributed by atoms with E-state index in [4.69, 9.17) is 5.73 Å². The number of nitrogens with one attached hydrogen (secondary N) is 1. The summed E-state index contributed by atoms with van der Waals surface area (Å²) in [5, 5.41) is 0. The number of hydrogen-bond donors (Lipinski definition) is 2. The number of aromatic amines is 1. The fourth-order valence-electron chi connectivity index (χ4n) is 1.75. The van der Waals surface area contributed by atoms with E-state index in [-0.39, 0.29) is 10.8 Å². The predicted molar refractivity (Wildman–Crippen MR) is 73.4 cm³/mol. The summed E-state index contributed by atoms with van der Waals surface area (Å²) >= 11 is 0. The van der Waals surface area contributed by atoms with Crippen molar-refractivity contribution < 1.29 is 0 Å².